The van der Waals surface area contributed by atoms with Gasteiger partial charge in [-0.25, -0.2) is 0 Å². The Labute approximate surface area is 125 Å². The highest BCUT2D eigenvalue weighted by molar-refractivity contribution is 5.94. The van der Waals surface area contributed by atoms with Gasteiger partial charge in [0.05, 0.1) is 0 Å². The normalized spacial score (nSPS) is 12.4. The molecule has 0 spiro atoms. The number of rotatable bonds is 6. The number of likely N-dealkylation sites (N-methyl/N-ethyl adjacent to an activating group) is 1. The molecule has 0 saturated carbocycles. The Kier molecular flexibility index (Phi) is 5.11. The van der Waals surface area contributed by atoms with Crippen molar-refractivity contribution in [2.45, 2.75) is 19.9 Å². The van der Waals surface area contributed by atoms with Crippen molar-refractivity contribution in [3.63, 3.8) is 0 Å². The third-order valence-corrected chi connectivity index (χ3v) is 3.51. The predicted molar refractivity (Wildman–Crippen MR) is 83.9 cm³/mol. The van der Waals surface area contributed by atoms with E-state index < -0.39 is 0 Å². The summed E-state index contributed by atoms with van der Waals surface area (Å²) in [5.74, 6) is 0.527. The minimum absolute atomic E-state index is 0.0522. The standard InChI is InChI=1S/C16H22N4O/c1-4-20(5-2)15(13-9-7-6-8-10-13)16(21)17-14-11-12-19(3)18-14/h6-12,15H,4-5H2,1-3H3,(H,17,18,21). The smallest absolute Gasteiger partial charge is 0.247 e. The first-order valence-electron chi connectivity index (χ1n) is 7.25. The summed E-state index contributed by atoms with van der Waals surface area (Å²) < 4.78 is 1.67. The van der Waals surface area contributed by atoms with Crippen molar-refractivity contribution in [1.29, 1.82) is 0 Å². The van der Waals surface area contributed by atoms with Crippen molar-refractivity contribution in [2.24, 2.45) is 7.05 Å². The minimum atomic E-state index is -0.303. The van der Waals surface area contributed by atoms with Crippen molar-refractivity contribution < 1.29 is 4.79 Å². The first kappa shape index (κ1) is 15.3. The second kappa shape index (κ2) is 7.04. The van der Waals surface area contributed by atoms with Crippen LogP contribution in [0.15, 0.2) is 42.6 Å². The van der Waals surface area contributed by atoms with Crippen molar-refractivity contribution in [1.82, 2.24) is 14.7 Å². The number of carbonyl (C=O) groups excluding carboxylic acids is 1. The summed E-state index contributed by atoms with van der Waals surface area (Å²) in [6.07, 6.45) is 1.81. The molecule has 5 heteroatoms. The summed E-state index contributed by atoms with van der Waals surface area (Å²) >= 11 is 0. The van der Waals surface area contributed by atoms with Gasteiger partial charge in [-0.2, -0.15) is 5.10 Å². The molecule has 1 heterocycles. The van der Waals surface area contributed by atoms with Gasteiger partial charge in [0.25, 0.3) is 0 Å². The topological polar surface area (TPSA) is 50.2 Å². The van der Waals surface area contributed by atoms with Crippen LogP contribution in [-0.2, 0) is 11.8 Å². The Morgan fingerprint density at radius 3 is 2.43 bits per heavy atom. The van der Waals surface area contributed by atoms with E-state index in [0.717, 1.165) is 18.7 Å². The molecule has 0 bridgehead atoms. The Morgan fingerprint density at radius 2 is 1.90 bits per heavy atom. The van der Waals surface area contributed by atoms with Crippen molar-refractivity contribution in [2.75, 3.05) is 18.4 Å². The van der Waals surface area contributed by atoms with Crippen LogP contribution in [0.5, 0.6) is 0 Å². The maximum Gasteiger partial charge on any atom is 0.247 e. The lowest BCUT2D eigenvalue weighted by Gasteiger charge is -2.28. The number of amides is 1. The Morgan fingerprint density at radius 1 is 1.24 bits per heavy atom. The molecule has 2 rings (SSSR count). The number of hydrogen-bond acceptors (Lipinski definition) is 3. The molecule has 1 aromatic carbocycles. The van der Waals surface area contributed by atoms with Crippen LogP contribution in [0.2, 0.25) is 0 Å². The first-order chi connectivity index (χ1) is 10.2. The van der Waals surface area contributed by atoms with Gasteiger partial charge in [-0.15, -0.1) is 0 Å². The highest BCUT2D eigenvalue weighted by Gasteiger charge is 2.26. The number of anilines is 1. The van der Waals surface area contributed by atoms with E-state index in [-0.39, 0.29) is 11.9 Å². The second-order valence-electron chi connectivity index (χ2n) is 4.90. The maximum atomic E-state index is 12.7. The van der Waals surface area contributed by atoms with Gasteiger partial charge in [-0.3, -0.25) is 14.4 Å². The van der Waals surface area contributed by atoms with Crippen LogP contribution in [0, 0.1) is 0 Å². The number of nitrogens with one attached hydrogen (secondary N) is 1. The molecule has 1 atom stereocenters. The van der Waals surface area contributed by atoms with Gasteiger partial charge in [0.15, 0.2) is 5.82 Å². The molecule has 0 saturated heterocycles. The average molecular weight is 286 g/mol. The van der Waals surface area contributed by atoms with Gasteiger partial charge < -0.3 is 5.32 Å². The van der Waals surface area contributed by atoms with Crippen LogP contribution in [-0.4, -0.2) is 33.7 Å². The van der Waals surface area contributed by atoms with E-state index in [4.69, 9.17) is 0 Å². The molecular formula is C16H22N4O. The number of aromatic nitrogens is 2. The van der Waals surface area contributed by atoms with E-state index in [0.29, 0.717) is 5.82 Å². The summed E-state index contributed by atoms with van der Waals surface area (Å²) in [6, 6.07) is 11.3. The molecule has 1 aromatic heterocycles. The van der Waals surface area contributed by atoms with Crippen molar-refractivity contribution in [3.05, 3.63) is 48.2 Å². The molecule has 21 heavy (non-hydrogen) atoms. The molecule has 1 N–H and O–H groups in total. The van der Waals surface area contributed by atoms with E-state index in [1.807, 2.05) is 43.6 Å². The van der Waals surface area contributed by atoms with Crippen LogP contribution in [0.25, 0.3) is 0 Å². The third-order valence-electron chi connectivity index (χ3n) is 3.51. The Bertz CT molecular complexity index is 575. The SMILES string of the molecule is CCN(CC)C(C(=O)Nc1ccn(C)n1)c1ccccc1. The van der Waals surface area contributed by atoms with Crippen LogP contribution >= 0.6 is 0 Å². The molecule has 5 nitrogen and oxygen atoms in total. The summed E-state index contributed by atoms with van der Waals surface area (Å²) in [5.41, 5.74) is 0.995. The molecule has 2 aromatic rings. The maximum absolute atomic E-state index is 12.7. The van der Waals surface area contributed by atoms with E-state index >= 15 is 0 Å². The molecule has 1 amide bonds. The van der Waals surface area contributed by atoms with Gasteiger partial charge in [0, 0.05) is 19.3 Å². The summed E-state index contributed by atoms with van der Waals surface area (Å²) in [5, 5.41) is 7.10. The van der Waals surface area contributed by atoms with Gasteiger partial charge in [-0.05, 0) is 18.7 Å². The van der Waals surface area contributed by atoms with Crippen molar-refractivity contribution >= 4 is 11.7 Å². The average Bonchev–Trinajstić information content (AvgIpc) is 2.90. The Hall–Kier alpha value is -2.14. The van der Waals surface area contributed by atoms with E-state index in [1.165, 1.54) is 0 Å². The molecule has 0 radical (unpaired) electrons. The lowest BCUT2D eigenvalue weighted by molar-refractivity contribution is -0.121. The summed E-state index contributed by atoms with van der Waals surface area (Å²) in [7, 11) is 1.83. The van der Waals surface area contributed by atoms with Gasteiger partial charge >= 0.3 is 0 Å². The zero-order chi connectivity index (χ0) is 15.2. The predicted octanol–water partition coefficient (Wildman–Crippen LogP) is 2.44. The second-order valence-corrected chi connectivity index (χ2v) is 4.90. The number of aryl methyl sites for hydroxylation is 1. The minimum Gasteiger partial charge on any atom is -0.308 e. The number of carbonyl (C=O) groups is 1. The molecule has 0 aliphatic rings. The van der Waals surface area contributed by atoms with Gasteiger partial charge in [0.1, 0.15) is 6.04 Å². The molecule has 0 aliphatic heterocycles. The quantitative estimate of drug-likeness (QED) is 0.887. The van der Waals surface area contributed by atoms with E-state index in [1.54, 1.807) is 10.7 Å². The zero-order valence-electron chi connectivity index (χ0n) is 12.8. The van der Waals surface area contributed by atoms with Gasteiger partial charge in [-0.1, -0.05) is 44.2 Å². The fourth-order valence-electron chi connectivity index (χ4n) is 2.43. The number of hydrogen-bond donors (Lipinski definition) is 1. The van der Waals surface area contributed by atoms with Crippen molar-refractivity contribution in [3.8, 4) is 0 Å². The molecule has 0 fully saturated rings. The summed E-state index contributed by atoms with van der Waals surface area (Å²) in [4.78, 5) is 14.8. The van der Waals surface area contributed by atoms with E-state index in [2.05, 4.69) is 29.2 Å². The fraction of sp³-hybridized carbons (Fsp3) is 0.375. The first-order valence-corrected chi connectivity index (χ1v) is 7.25. The van der Waals surface area contributed by atoms with Crippen LogP contribution in [0.1, 0.15) is 25.5 Å². The monoisotopic (exact) mass is 286 g/mol. The lowest BCUT2D eigenvalue weighted by atomic mass is 10.0. The molecular weight excluding hydrogens is 264 g/mol. The zero-order valence-corrected chi connectivity index (χ0v) is 12.8. The number of benzene rings is 1. The third kappa shape index (κ3) is 3.70. The lowest BCUT2D eigenvalue weighted by Crippen LogP contribution is -2.37. The molecule has 0 aliphatic carbocycles. The highest BCUT2D eigenvalue weighted by Crippen LogP contribution is 2.22. The summed E-state index contributed by atoms with van der Waals surface area (Å²) in [6.45, 7) is 5.75. The van der Waals surface area contributed by atoms with Crippen LogP contribution < -0.4 is 5.32 Å². The van der Waals surface area contributed by atoms with Crippen LogP contribution in [0.3, 0.4) is 0 Å². The van der Waals surface area contributed by atoms with Gasteiger partial charge in [0.2, 0.25) is 5.91 Å². The fourth-order valence-corrected chi connectivity index (χ4v) is 2.43. The highest BCUT2D eigenvalue weighted by atomic mass is 16.2. The number of nitrogens with zero attached hydrogens (tertiary/aromatic N) is 3. The Balaban J connectivity index is 2.24. The van der Waals surface area contributed by atoms with Crippen LogP contribution in [0.4, 0.5) is 5.82 Å². The molecule has 112 valence electrons. The molecule has 1 unspecified atom stereocenters. The van der Waals surface area contributed by atoms with E-state index in [9.17, 15) is 4.79 Å². The largest absolute Gasteiger partial charge is 0.308 e.